The number of rotatable bonds is 6. The fourth-order valence-electron chi connectivity index (χ4n) is 2.27. The van der Waals surface area contributed by atoms with Crippen LogP contribution in [-0.2, 0) is 17.7 Å². The minimum absolute atomic E-state index is 0.0927. The average Bonchev–Trinajstić information content (AvgIpc) is 2.80. The number of benzene rings is 1. The van der Waals surface area contributed by atoms with E-state index in [0.29, 0.717) is 13.2 Å². The third-order valence-electron chi connectivity index (χ3n) is 3.39. The second-order valence-corrected chi connectivity index (χ2v) is 5.69. The molecule has 2 aromatic rings. The zero-order chi connectivity index (χ0) is 14.5. The van der Waals surface area contributed by atoms with Crippen LogP contribution in [0, 0.1) is 6.92 Å². The van der Waals surface area contributed by atoms with Crippen molar-refractivity contribution in [1.82, 2.24) is 9.78 Å². The summed E-state index contributed by atoms with van der Waals surface area (Å²) in [6, 6.07) is 8.23. The van der Waals surface area contributed by atoms with Crippen LogP contribution in [0.3, 0.4) is 0 Å². The molecule has 5 heteroatoms. The van der Waals surface area contributed by atoms with E-state index < -0.39 is 0 Å². The Morgan fingerprint density at radius 2 is 2.15 bits per heavy atom. The van der Waals surface area contributed by atoms with Crippen molar-refractivity contribution in [3.63, 3.8) is 0 Å². The molecular formula is C15H20BrN3O. The van der Waals surface area contributed by atoms with Crippen LogP contribution < -0.4 is 5.73 Å². The molecule has 1 unspecified atom stereocenters. The Kier molecular flexibility index (Phi) is 5.34. The first-order chi connectivity index (χ1) is 9.63. The maximum Gasteiger partial charge on any atom is 0.0697 e. The van der Waals surface area contributed by atoms with Crippen LogP contribution in [0.15, 0.2) is 34.9 Å². The van der Waals surface area contributed by atoms with Gasteiger partial charge in [0.2, 0.25) is 0 Å². The number of nitrogens with zero attached hydrogens (tertiary/aromatic N) is 2. The number of nitrogens with two attached hydrogens (primary N) is 1. The van der Waals surface area contributed by atoms with Gasteiger partial charge in [-0.2, -0.15) is 5.10 Å². The first-order valence-electron chi connectivity index (χ1n) is 6.63. The van der Waals surface area contributed by atoms with E-state index in [0.717, 1.165) is 16.6 Å². The third-order valence-corrected chi connectivity index (χ3v) is 4.00. The van der Waals surface area contributed by atoms with Crippen LogP contribution in [-0.4, -0.2) is 23.5 Å². The van der Waals surface area contributed by atoms with Gasteiger partial charge in [-0.3, -0.25) is 4.68 Å². The molecule has 0 aliphatic carbocycles. The molecule has 0 saturated carbocycles. The number of methoxy groups -OCH3 is 1. The maximum absolute atomic E-state index is 6.38. The van der Waals surface area contributed by atoms with Gasteiger partial charge in [-0.25, -0.2) is 0 Å². The second-order valence-electron chi connectivity index (χ2n) is 4.83. The van der Waals surface area contributed by atoms with Crippen LogP contribution in [0.2, 0.25) is 0 Å². The Bertz CT molecular complexity index is 568. The van der Waals surface area contributed by atoms with Crippen molar-refractivity contribution in [2.24, 2.45) is 5.73 Å². The van der Waals surface area contributed by atoms with Crippen molar-refractivity contribution in [3.05, 3.63) is 51.8 Å². The Labute approximate surface area is 128 Å². The van der Waals surface area contributed by atoms with E-state index in [9.17, 15) is 0 Å². The molecule has 1 atom stereocenters. The highest BCUT2D eigenvalue weighted by Gasteiger charge is 2.17. The molecule has 4 nitrogen and oxygen atoms in total. The molecule has 20 heavy (non-hydrogen) atoms. The van der Waals surface area contributed by atoms with Crippen molar-refractivity contribution in [1.29, 1.82) is 0 Å². The van der Waals surface area contributed by atoms with Crippen molar-refractivity contribution in [2.75, 3.05) is 13.7 Å². The Hall–Kier alpha value is -1.17. The van der Waals surface area contributed by atoms with E-state index in [2.05, 4.69) is 40.1 Å². The van der Waals surface area contributed by atoms with Crippen LogP contribution in [0.25, 0.3) is 0 Å². The Balaban J connectivity index is 2.18. The summed E-state index contributed by atoms with van der Waals surface area (Å²) < 4.78 is 7.98. The summed E-state index contributed by atoms with van der Waals surface area (Å²) >= 11 is 3.54. The molecule has 0 fully saturated rings. The smallest absolute Gasteiger partial charge is 0.0697 e. The largest absolute Gasteiger partial charge is 0.383 e. The summed E-state index contributed by atoms with van der Waals surface area (Å²) in [5.74, 6) is 0. The summed E-state index contributed by atoms with van der Waals surface area (Å²) in [7, 11) is 1.69. The van der Waals surface area contributed by atoms with Crippen molar-refractivity contribution in [2.45, 2.75) is 25.9 Å². The molecule has 1 heterocycles. The molecule has 0 aliphatic rings. The average molecular weight is 338 g/mol. The van der Waals surface area contributed by atoms with Gasteiger partial charge < -0.3 is 10.5 Å². The molecule has 2 N–H and O–H groups in total. The fraction of sp³-hybridized carbons (Fsp3) is 0.400. The van der Waals surface area contributed by atoms with E-state index in [-0.39, 0.29) is 6.04 Å². The van der Waals surface area contributed by atoms with Crippen LogP contribution in [0.1, 0.15) is 22.9 Å². The van der Waals surface area contributed by atoms with Gasteiger partial charge in [0.25, 0.3) is 0 Å². The zero-order valence-corrected chi connectivity index (χ0v) is 13.4. The highest BCUT2D eigenvalue weighted by Crippen LogP contribution is 2.25. The van der Waals surface area contributed by atoms with Gasteiger partial charge in [0.15, 0.2) is 0 Å². The Morgan fingerprint density at radius 1 is 1.40 bits per heavy atom. The summed E-state index contributed by atoms with van der Waals surface area (Å²) in [5, 5.41) is 4.35. The van der Waals surface area contributed by atoms with Crippen LogP contribution >= 0.6 is 15.9 Å². The summed E-state index contributed by atoms with van der Waals surface area (Å²) in [6.07, 6.45) is 2.59. The van der Waals surface area contributed by atoms with Gasteiger partial charge in [0.1, 0.15) is 0 Å². The number of halogens is 1. The molecule has 0 spiro atoms. The monoisotopic (exact) mass is 337 g/mol. The van der Waals surface area contributed by atoms with Gasteiger partial charge in [-0.05, 0) is 40.4 Å². The summed E-state index contributed by atoms with van der Waals surface area (Å²) in [5.41, 5.74) is 9.94. The Morgan fingerprint density at radius 3 is 2.85 bits per heavy atom. The molecule has 0 saturated heterocycles. The maximum atomic E-state index is 6.38. The van der Waals surface area contributed by atoms with E-state index in [1.165, 1.54) is 11.1 Å². The van der Waals surface area contributed by atoms with Crippen molar-refractivity contribution < 1.29 is 4.74 Å². The predicted octanol–water partition coefficient (Wildman–Crippen LogP) is 2.84. The lowest BCUT2D eigenvalue weighted by atomic mass is 10.00. The quantitative estimate of drug-likeness (QED) is 0.881. The number of aromatic nitrogens is 2. The molecule has 0 radical (unpaired) electrons. The van der Waals surface area contributed by atoms with Gasteiger partial charge in [0.05, 0.1) is 35.6 Å². The predicted molar refractivity (Wildman–Crippen MR) is 83.6 cm³/mol. The highest BCUT2D eigenvalue weighted by molar-refractivity contribution is 9.10. The number of ether oxygens (including phenoxy) is 1. The van der Waals surface area contributed by atoms with Gasteiger partial charge in [-0.1, -0.05) is 24.3 Å². The van der Waals surface area contributed by atoms with Crippen molar-refractivity contribution in [3.8, 4) is 0 Å². The molecule has 2 rings (SSSR count). The first kappa shape index (κ1) is 15.2. The first-order valence-corrected chi connectivity index (χ1v) is 7.43. The fourth-order valence-corrected chi connectivity index (χ4v) is 2.86. The molecule has 0 amide bonds. The minimum atomic E-state index is -0.0927. The summed E-state index contributed by atoms with van der Waals surface area (Å²) in [4.78, 5) is 0. The molecule has 1 aromatic carbocycles. The van der Waals surface area contributed by atoms with E-state index in [1.807, 2.05) is 16.8 Å². The molecule has 0 aliphatic heterocycles. The lowest BCUT2D eigenvalue weighted by Crippen LogP contribution is -2.20. The number of hydrogen-bond acceptors (Lipinski definition) is 3. The standard InChI is InChI=1S/C15H20BrN3O/c1-11-5-3-4-6-12(11)9-14(17)15-13(16)10-18-19(15)7-8-20-2/h3-6,10,14H,7-9,17H2,1-2H3. The topological polar surface area (TPSA) is 53.1 Å². The SMILES string of the molecule is COCCn1ncc(Br)c1C(N)Cc1ccccc1C. The van der Waals surface area contributed by atoms with Crippen LogP contribution in [0.4, 0.5) is 0 Å². The van der Waals surface area contributed by atoms with Gasteiger partial charge in [-0.15, -0.1) is 0 Å². The van der Waals surface area contributed by atoms with E-state index in [4.69, 9.17) is 10.5 Å². The van der Waals surface area contributed by atoms with Gasteiger partial charge in [0, 0.05) is 7.11 Å². The lowest BCUT2D eigenvalue weighted by Gasteiger charge is -2.16. The van der Waals surface area contributed by atoms with E-state index in [1.54, 1.807) is 13.3 Å². The molecule has 0 bridgehead atoms. The second kappa shape index (κ2) is 7.02. The summed E-state index contributed by atoms with van der Waals surface area (Å²) in [6.45, 7) is 3.44. The molecule has 108 valence electrons. The zero-order valence-electron chi connectivity index (χ0n) is 11.8. The number of hydrogen-bond donors (Lipinski definition) is 1. The van der Waals surface area contributed by atoms with Gasteiger partial charge >= 0.3 is 0 Å². The number of aryl methyl sites for hydroxylation is 1. The normalized spacial score (nSPS) is 12.6. The van der Waals surface area contributed by atoms with Crippen molar-refractivity contribution >= 4 is 15.9 Å². The highest BCUT2D eigenvalue weighted by atomic mass is 79.9. The molecule has 1 aromatic heterocycles. The minimum Gasteiger partial charge on any atom is -0.383 e. The van der Waals surface area contributed by atoms with E-state index >= 15 is 0 Å². The lowest BCUT2D eigenvalue weighted by molar-refractivity contribution is 0.182. The third kappa shape index (κ3) is 3.48. The molecular weight excluding hydrogens is 318 g/mol. The van der Waals surface area contributed by atoms with Crippen LogP contribution in [0.5, 0.6) is 0 Å².